The topological polar surface area (TPSA) is 90.2 Å². The molecule has 1 atom stereocenters. The standard InChI is InChI=1S/C12H16N2O3S/c1-4-10(7-13)18(16,17)14-11-6-8(2)5-9(3)12(11)15/h5-6,10,14-15H,4H2,1-3H3. The monoisotopic (exact) mass is 268 g/mol. The Morgan fingerprint density at radius 3 is 2.56 bits per heavy atom. The first-order valence-electron chi connectivity index (χ1n) is 5.53. The molecule has 98 valence electrons. The van der Waals surface area contributed by atoms with Crippen LogP contribution >= 0.6 is 0 Å². The molecule has 2 N–H and O–H groups in total. The smallest absolute Gasteiger partial charge is 0.249 e. The predicted molar refractivity (Wildman–Crippen MR) is 69.8 cm³/mol. The normalized spacial score (nSPS) is 12.8. The minimum atomic E-state index is -3.80. The number of nitrogens with zero attached hydrogens (tertiary/aromatic N) is 1. The van der Waals surface area contributed by atoms with Gasteiger partial charge in [-0.05, 0) is 37.5 Å². The largest absolute Gasteiger partial charge is 0.505 e. The fraction of sp³-hybridized carbons (Fsp3) is 0.417. The Bertz CT molecular complexity index is 588. The van der Waals surface area contributed by atoms with Gasteiger partial charge in [0.2, 0.25) is 10.0 Å². The van der Waals surface area contributed by atoms with Crippen molar-refractivity contribution in [2.75, 3.05) is 4.72 Å². The molecule has 0 bridgehead atoms. The zero-order chi connectivity index (χ0) is 13.9. The average molecular weight is 268 g/mol. The third-order valence-electron chi connectivity index (χ3n) is 2.59. The van der Waals surface area contributed by atoms with Crippen LogP contribution in [0.15, 0.2) is 12.1 Å². The maximum atomic E-state index is 11.9. The van der Waals surface area contributed by atoms with E-state index in [0.717, 1.165) is 5.56 Å². The Balaban J connectivity index is 3.17. The molecule has 1 aromatic carbocycles. The summed E-state index contributed by atoms with van der Waals surface area (Å²) in [6.45, 7) is 5.10. The fourth-order valence-electron chi connectivity index (χ4n) is 1.64. The van der Waals surface area contributed by atoms with Crippen molar-refractivity contribution < 1.29 is 13.5 Å². The molecular formula is C12H16N2O3S. The SMILES string of the molecule is CCC(C#N)S(=O)(=O)Nc1cc(C)cc(C)c1O. The van der Waals surface area contributed by atoms with Gasteiger partial charge in [-0.25, -0.2) is 8.42 Å². The van der Waals surface area contributed by atoms with Gasteiger partial charge in [0.15, 0.2) is 5.25 Å². The number of hydrogen-bond donors (Lipinski definition) is 2. The van der Waals surface area contributed by atoms with Crippen LogP contribution < -0.4 is 4.72 Å². The summed E-state index contributed by atoms with van der Waals surface area (Å²) < 4.78 is 26.1. The molecule has 0 spiro atoms. The molecule has 0 aliphatic carbocycles. The number of nitriles is 1. The van der Waals surface area contributed by atoms with E-state index in [1.165, 1.54) is 6.07 Å². The van der Waals surface area contributed by atoms with E-state index in [9.17, 15) is 13.5 Å². The van der Waals surface area contributed by atoms with Gasteiger partial charge in [-0.2, -0.15) is 5.26 Å². The second kappa shape index (κ2) is 5.27. The molecule has 0 saturated carbocycles. The molecule has 0 fully saturated rings. The maximum Gasteiger partial charge on any atom is 0.249 e. The second-order valence-corrected chi connectivity index (χ2v) is 6.01. The lowest BCUT2D eigenvalue weighted by Gasteiger charge is -2.14. The number of benzene rings is 1. The summed E-state index contributed by atoms with van der Waals surface area (Å²) in [7, 11) is -3.80. The van der Waals surface area contributed by atoms with E-state index in [-0.39, 0.29) is 17.9 Å². The summed E-state index contributed by atoms with van der Waals surface area (Å²) >= 11 is 0. The van der Waals surface area contributed by atoms with Gasteiger partial charge in [-0.3, -0.25) is 4.72 Å². The van der Waals surface area contributed by atoms with Crippen molar-refractivity contribution in [2.45, 2.75) is 32.4 Å². The Labute approximate surface area is 107 Å². The van der Waals surface area contributed by atoms with Gasteiger partial charge in [0.25, 0.3) is 0 Å². The minimum absolute atomic E-state index is 0.112. The zero-order valence-corrected chi connectivity index (χ0v) is 11.4. The van der Waals surface area contributed by atoms with Gasteiger partial charge in [0.1, 0.15) is 5.75 Å². The van der Waals surface area contributed by atoms with E-state index >= 15 is 0 Å². The highest BCUT2D eigenvalue weighted by molar-refractivity contribution is 7.93. The van der Waals surface area contributed by atoms with Crippen molar-refractivity contribution in [3.8, 4) is 11.8 Å². The lowest BCUT2D eigenvalue weighted by atomic mass is 10.1. The number of hydrogen-bond acceptors (Lipinski definition) is 4. The quantitative estimate of drug-likeness (QED) is 0.818. The van der Waals surface area contributed by atoms with Crippen LogP contribution in [0.25, 0.3) is 0 Å². The predicted octanol–water partition coefficient (Wildman–Crippen LogP) is 2.05. The molecular weight excluding hydrogens is 252 g/mol. The number of rotatable bonds is 4. The first-order valence-corrected chi connectivity index (χ1v) is 7.08. The van der Waals surface area contributed by atoms with Crippen molar-refractivity contribution in [1.29, 1.82) is 5.26 Å². The van der Waals surface area contributed by atoms with Crippen LogP contribution in [0, 0.1) is 25.2 Å². The first kappa shape index (κ1) is 14.3. The van der Waals surface area contributed by atoms with Crippen molar-refractivity contribution in [3.63, 3.8) is 0 Å². The van der Waals surface area contributed by atoms with E-state index in [1.807, 2.05) is 0 Å². The van der Waals surface area contributed by atoms with Crippen LogP contribution in [0.1, 0.15) is 24.5 Å². The van der Waals surface area contributed by atoms with Gasteiger partial charge < -0.3 is 5.11 Å². The van der Waals surface area contributed by atoms with Crippen LogP contribution in [-0.2, 0) is 10.0 Å². The molecule has 6 heteroatoms. The summed E-state index contributed by atoms with van der Waals surface area (Å²) in [6, 6.07) is 5.01. The molecule has 1 rings (SSSR count). The maximum absolute atomic E-state index is 11.9. The highest BCUT2D eigenvalue weighted by Crippen LogP contribution is 2.30. The van der Waals surface area contributed by atoms with E-state index in [1.54, 1.807) is 32.9 Å². The number of aromatic hydroxyl groups is 1. The van der Waals surface area contributed by atoms with Crippen LogP contribution in [0.5, 0.6) is 5.75 Å². The highest BCUT2D eigenvalue weighted by atomic mass is 32.2. The minimum Gasteiger partial charge on any atom is -0.505 e. The lowest BCUT2D eigenvalue weighted by Crippen LogP contribution is -2.26. The summed E-state index contributed by atoms with van der Waals surface area (Å²) in [6.07, 6.45) is 0.192. The molecule has 0 aliphatic heterocycles. The van der Waals surface area contributed by atoms with Gasteiger partial charge in [-0.15, -0.1) is 0 Å². The third kappa shape index (κ3) is 2.93. The van der Waals surface area contributed by atoms with Crippen molar-refractivity contribution >= 4 is 15.7 Å². The number of phenolic OH excluding ortho intramolecular Hbond substituents is 1. The van der Waals surface area contributed by atoms with Gasteiger partial charge in [0, 0.05) is 0 Å². The molecule has 5 nitrogen and oxygen atoms in total. The number of phenols is 1. The van der Waals surface area contributed by atoms with E-state index < -0.39 is 15.3 Å². The van der Waals surface area contributed by atoms with Crippen LogP contribution in [0.2, 0.25) is 0 Å². The molecule has 0 aromatic heterocycles. The number of nitrogens with one attached hydrogen (secondary N) is 1. The van der Waals surface area contributed by atoms with Crippen molar-refractivity contribution in [1.82, 2.24) is 0 Å². The van der Waals surface area contributed by atoms with Crippen LogP contribution in [-0.4, -0.2) is 18.8 Å². The third-order valence-corrected chi connectivity index (χ3v) is 4.28. The first-order chi connectivity index (χ1) is 8.31. The summed E-state index contributed by atoms with van der Waals surface area (Å²) in [5, 5.41) is 17.5. The van der Waals surface area contributed by atoms with Gasteiger partial charge >= 0.3 is 0 Å². The van der Waals surface area contributed by atoms with Crippen LogP contribution in [0.4, 0.5) is 5.69 Å². The number of anilines is 1. The summed E-state index contributed by atoms with van der Waals surface area (Å²) in [5.41, 5.74) is 1.52. The van der Waals surface area contributed by atoms with Crippen LogP contribution in [0.3, 0.4) is 0 Å². The molecule has 0 aliphatic rings. The van der Waals surface area contributed by atoms with E-state index in [2.05, 4.69) is 4.72 Å². The lowest BCUT2D eigenvalue weighted by molar-refractivity contribution is 0.473. The molecule has 1 aromatic rings. The molecule has 1 unspecified atom stereocenters. The molecule has 18 heavy (non-hydrogen) atoms. The van der Waals surface area contributed by atoms with Gasteiger partial charge in [-0.1, -0.05) is 13.0 Å². The molecule has 0 saturated heterocycles. The Kier molecular flexibility index (Phi) is 4.19. The zero-order valence-electron chi connectivity index (χ0n) is 10.6. The van der Waals surface area contributed by atoms with E-state index in [4.69, 9.17) is 5.26 Å². The summed E-state index contributed by atoms with van der Waals surface area (Å²) in [4.78, 5) is 0. The highest BCUT2D eigenvalue weighted by Gasteiger charge is 2.24. The average Bonchev–Trinajstić information content (AvgIpc) is 2.26. The number of sulfonamides is 1. The molecule has 0 amide bonds. The number of aryl methyl sites for hydroxylation is 2. The Hall–Kier alpha value is -1.74. The van der Waals surface area contributed by atoms with Crippen molar-refractivity contribution in [3.05, 3.63) is 23.3 Å². The fourth-order valence-corrected chi connectivity index (χ4v) is 2.82. The van der Waals surface area contributed by atoms with Gasteiger partial charge in [0.05, 0.1) is 11.8 Å². The summed E-state index contributed by atoms with van der Waals surface area (Å²) in [5.74, 6) is -0.114. The Morgan fingerprint density at radius 2 is 2.06 bits per heavy atom. The molecule has 0 radical (unpaired) electrons. The van der Waals surface area contributed by atoms with Crippen molar-refractivity contribution in [2.24, 2.45) is 0 Å². The Morgan fingerprint density at radius 1 is 1.44 bits per heavy atom. The molecule has 0 heterocycles. The van der Waals surface area contributed by atoms with E-state index in [0.29, 0.717) is 5.56 Å². The second-order valence-electron chi connectivity index (χ2n) is 4.15.